The zero-order valence-corrected chi connectivity index (χ0v) is 11.2. The standard InChI is InChI=1S/C14H14N2O5/c17-12-13(18)16(9-3-5-21-6-4-9)11-2-1-8(14(19)20)7-10(11)15-12/h1-2,7,9H,3-6H2,(H,15,17)(H,19,20). The molecular weight excluding hydrogens is 276 g/mol. The number of fused-ring (bicyclic) bond motifs is 1. The van der Waals surface area contributed by atoms with Gasteiger partial charge in [-0.15, -0.1) is 0 Å². The molecule has 2 aromatic rings. The van der Waals surface area contributed by atoms with E-state index in [0.717, 1.165) is 0 Å². The van der Waals surface area contributed by atoms with Crippen molar-refractivity contribution in [3.63, 3.8) is 0 Å². The fourth-order valence-corrected chi connectivity index (χ4v) is 2.68. The number of rotatable bonds is 2. The van der Waals surface area contributed by atoms with Crippen molar-refractivity contribution in [3.05, 3.63) is 44.5 Å². The summed E-state index contributed by atoms with van der Waals surface area (Å²) in [5.74, 6) is -1.08. The minimum atomic E-state index is -1.08. The summed E-state index contributed by atoms with van der Waals surface area (Å²) < 4.78 is 6.74. The van der Waals surface area contributed by atoms with Crippen molar-refractivity contribution >= 4 is 17.0 Å². The van der Waals surface area contributed by atoms with Crippen LogP contribution < -0.4 is 11.1 Å². The molecule has 0 bridgehead atoms. The number of aromatic nitrogens is 2. The summed E-state index contributed by atoms with van der Waals surface area (Å²) in [6.45, 7) is 1.08. The quantitative estimate of drug-likeness (QED) is 0.794. The second-order valence-corrected chi connectivity index (χ2v) is 5.01. The van der Waals surface area contributed by atoms with Crippen LogP contribution >= 0.6 is 0 Å². The number of carboxylic acids is 1. The van der Waals surface area contributed by atoms with Crippen LogP contribution in [0.3, 0.4) is 0 Å². The maximum atomic E-state index is 12.2. The molecule has 1 aromatic heterocycles. The van der Waals surface area contributed by atoms with Crippen molar-refractivity contribution in [2.75, 3.05) is 13.2 Å². The maximum Gasteiger partial charge on any atom is 0.335 e. The highest BCUT2D eigenvalue weighted by molar-refractivity contribution is 5.92. The molecule has 7 nitrogen and oxygen atoms in total. The van der Waals surface area contributed by atoms with Crippen LogP contribution in [-0.2, 0) is 4.74 Å². The summed E-state index contributed by atoms with van der Waals surface area (Å²) in [5.41, 5.74) is -0.396. The topological polar surface area (TPSA) is 101 Å². The molecule has 7 heteroatoms. The minimum absolute atomic E-state index is 0.0651. The van der Waals surface area contributed by atoms with Gasteiger partial charge in [-0.05, 0) is 31.0 Å². The number of aromatic carboxylic acids is 1. The van der Waals surface area contributed by atoms with E-state index in [4.69, 9.17) is 9.84 Å². The van der Waals surface area contributed by atoms with E-state index >= 15 is 0 Å². The Morgan fingerprint density at radius 1 is 1.29 bits per heavy atom. The van der Waals surface area contributed by atoms with Gasteiger partial charge in [0.2, 0.25) is 0 Å². The average Bonchev–Trinajstić information content (AvgIpc) is 2.49. The summed E-state index contributed by atoms with van der Waals surface area (Å²) >= 11 is 0. The first kappa shape index (κ1) is 13.6. The summed E-state index contributed by atoms with van der Waals surface area (Å²) in [5, 5.41) is 9.01. The van der Waals surface area contributed by atoms with Gasteiger partial charge in [0.25, 0.3) is 0 Å². The third kappa shape index (κ3) is 2.36. The lowest BCUT2D eigenvalue weighted by atomic mass is 10.1. The van der Waals surface area contributed by atoms with Gasteiger partial charge >= 0.3 is 17.1 Å². The van der Waals surface area contributed by atoms with Crippen LogP contribution in [0.15, 0.2) is 27.8 Å². The van der Waals surface area contributed by atoms with E-state index in [1.165, 1.54) is 16.7 Å². The molecule has 2 N–H and O–H groups in total. The zero-order valence-electron chi connectivity index (χ0n) is 11.2. The molecule has 1 aliphatic rings. The molecule has 1 saturated heterocycles. The van der Waals surface area contributed by atoms with Crippen LogP contribution in [-0.4, -0.2) is 33.8 Å². The van der Waals surface area contributed by atoms with E-state index in [2.05, 4.69) is 4.98 Å². The normalized spacial score (nSPS) is 16.2. The summed E-state index contributed by atoms with van der Waals surface area (Å²) in [7, 11) is 0. The zero-order chi connectivity index (χ0) is 15.0. The third-order valence-electron chi connectivity index (χ3n) is 3.72. The molecule has 0 spiro atoms. The predicted molar refractivity (Wildman–Crippen MR) is 74.9 cm³/mol. The number of carbonyl (C=O) groups is 1. The summed E-state index contributed by atoms with van der Waals surface area (Å²) in [4.78, 5) is 37.4. The number of hydrogen-bond donors (Lipinski definition) is 2. The van der Waals surface area contributed by atoms with E-state index in [1.54, 1.807) is 6.07 Å². The molecule has 0 atom stereocenters. The highest BCUT2D eigenvalue weighted by atomic mass is 16.5. The van der Waals surface area contributed by atoms with Gasteiger partial charge in [0.15, 0.2) is 0 Å². The molecule has 0 unspecified atom stereocenters. The van der Waals surface area contributed by atoms with Gasteiger partial charge in [0, 0.05) is 19.3 Å². The van der Waals surface area contributed by atoms with Crippen molar-refractivity contribution in [3.8, 4) is 0 Å². The van der Waals surface area contributed by atoms with E-state index in [9.17, 15) is 14.4 Å². The molecule has 1 fully saturated rings. The fourth-order valence-electron chi connectivity index (χ4n) is 2.68. The molecule has 1 aromatic carbocycles. The maximum absolute atomic E-state index is 12.2. The smallest absolute Gasteiger partial charge is 0.335 e. The molecule has 1 aliphatic heterocycles. The average molecular weight is 290 g/mol. The van der Waals surface area contributed by atoms with Gasteiger partial charge in [-0.3, -0.25) is 14.2 Å². The first-order valence-corrected chi connectivity index (χ1v) is 6.67. The first-order valence-electron chi connectivity index (χ1n) is 6.67. The summed E-state index contributed by atoms with van der Waals surface area (Å²) in [6, 6.07) is 4.25. The molecule has 0 aliphatic carbocycles. The van der Waals surface area contributed by atoms with Gasteiger partial charge < -0.3 is 14.8 Å². The van der Waals surface area contributed by atoms with Crippen molar-refractivity contribution < 1.29 is 14.6 Å². The number of H-pyrrole nitrogens is 1. The fraction of sp³-hybridized carbons (Fsp3) is 0.357. The third-order valence-corrected chi connectivity index (χ3v) is 3.72. The van der Waals surface area contributed by atoms with Crippen molar-refractivity contribution in [1.29, 1.82) is 0 Å². The lowest BCUT2D eigenvalue weighted by Crippen LogP contribution is -2.39. The van der Waals surface area contributed by atoms with Crippen LogP contribution in [0.5, 0.6) is 0 Å². The SMILES string of the molecule is O=C(O)c1ccc2c(c1)[nH]c(=O)c(=O)n2C1CCOCC1. The Balaban J connectivity index is 2.26. The van der Waals surface area contributed by atoms with Crippen LogP contribution in [0.2, 0.25) is 0 Å². The molecule has 3 rings (SSSR count). The summed E-state index contributed by atoms with van der Waals surface area (Å²) in [6.07, 6.45) is 1.30. The molecule has 2 heterocycles. The van der Waals surface area contributed by atoms with E-state index in [0.29, 0.717) is 37.1 Å². The number of carboxylic acid groups (broad SMARTS) is 1. The Labute approximate surface area is 118 Å². The number of aromatic amines is 1. The Hall–Kier alpha value is -2.41. The van der Waals surface area contributed by atoms with Gasteiger partial charge in [-0.2, -0.15) is 0 Å². The first-order chi connectivity index (χ1) is 10.1. The Morgan fingerprint density at radius 3 is 2.67 bits per heavy atom. The highest BCUT2D eigenvalue weighted by Gasteiger charge is 2.20. The lowest BCUT2D eigenvalue weighted by Gasteiger charge is -2.25. The van der Waals surface area contributed by atoms with E-state index in [-0.39, 0.29) is 11.6 Å². The number of nitrogens with one attached hydrogen (secondary N) is 1. The second-order valence-electron chi connectivity index (χ2n) is 5.01. The van der Waals surface area contributed by atoms with Crippen molar-refractivity contribution in [2.24, 2.45) is 0 Å². The molecular formula is C14H14N2O5. The second kappa shape index (κ2) is 5.17. The van der Waals surface area contributed by atoms with Crippen LogP contribution in [0, 0.1) is 0 Å². The lowest BCUT2D eigenvalue weighted by molar-refractivity contribution is 0.0696. The van der Waals surface area contributed by atoms with Gasteiger partial charge in [-0.1, -0.05) is 0 Å². The van der Waals surface area contributed by atoms with Crippen LogP contribution in [0.4, 0.5) is 0 Å². The van der Waals surface area contributed by atoms with Crippen LogP contribution in [0.1, 0.15) is 29.2 Å². The van der Waals surface area contributed by atoms with Gasteiger partial charge in [-0.25, -0.2) is 4.79 Å². The minimum Gasteiger partial charge on any atom is -0.478 e. The molecule has 0 saturated carbocycles. The highest BCUT2D eigenvalue weighted by Crippen LogP contribution is 2.23. The Kier molecular flexibility index (Phi) is 3.34. The molecule has 21 heavy (non-hydrogen) atoms. The molecule has 0 radical (unpaired) electrons. The largest absolute Gasteiger partial charge is 0.478 e. The molecule has 0 amide bonds. The Bertz CT molecular complexity index is 814. The van der Waals surface area contributed by atoms with Crippen molar-refractivity contribution in [1.82, 2.24) is 9.55 Å². The van der Waals surface area contributed by atoms with Gasteiger partial charge in [0.05, 0.1) is 16.6 Å². The van der Waals surface area contributed by atoms with Gasteiger partial charge in [0.1, 0.15) is 0 Å². The van der Waals surface area contributed by atoms with Crippen molar-refractivity contribution in [2.45, 2.75) is 18.9 Å². The molecule has 110 valence electrons. The predicted octanol–water partition coefficient (Wildman–Crippen LogP) is 0.740. The van der Waals surface area contributed by atoms with E-state index < -0.39 is 17.1 Å². The number of hydrogen-bond acceptors (Lipinski definition) is 4. The Morgan fingerprint density at radius 2 is 2.00 bits per heavy atom. The number of benzene rings is 1. The number of ether oxygens (including phenoxy) is 1. The number of nitrogens with zero attached hydrogens (tertiary/aromatic N) is 1. The van der Waals surface area contributed by atoms with Crippen LogP contribution in [0.25, 0.3) is 11.0 Å². The van der Waals surface area contributed by atoms with E-state index in [1.807, 2.05) is 0 Å². The monoisotopic (exact) mass is 290 g/mol.